The Balaban J connectivity index is 1.64. The van der Waals surface area contributed by atoms with E-state index in [1.54, 1.807) is 43.3 Å². The fourth-order valence-electron chi connectivity index (χ4n) is 2.74. The standard InChI is InChI=1S/C20H19ClN2O4S/c1-12(27-20(26)13(2)28-15-9-7-14(21)8-10-15)19(25)23-11-18(24)22-16-5-3-4-6-17(16)23/h3-10,12-13H,11H2,1-2H3,(H,22,24)/t12-,13+/m1/s1. The first kappa shape index (κ1) is 20.2. The molecule has 0 radical (unpaired) electrons. The third-order valence-electron chi connectivity index (χ3n) is 4.14. The van der Waals surface area contributed by atoms with E-state index in [0.717, 1.165) is 4.90 Å². The van der Waals surface area contributed by atoms with E-state index in [2.05, 4.69) is 5.32 Å². The maximum Gasteiger partial charge on any atom is 0.319 e. The molecule has 28 heavy (non-hydrogen) atoms. The number of benzene rings is 2. The van der Waals surface area contributed by atoms with E-state index in [-0.39, 0.29) is 12.5 Å². The normalized spacial score (nSPS) is 15.2. The van der Waals surface area contributed by atoms with Crippen molar-refractivity contribution in [3.05, 3.63) is 53.6 Å². The van der Waals surface area contributed by atoms with Crippen LogP contribution in [0.2, 0.25) is 5.02 Å². The van der Waals surface area contributed by atoms with Crippen molar-refractivity contribution in [3.8, 4) is 0 Å². The van der Waals surface area contributed by atoms with E-state index in [0.29, 0.717) is 16.4 Å². The monoisotopic (exact) mass is 418 g/mol. The molecule has 0 aromatic heterocycles. The molecule has 1 heterocycles. The summed E-state index contributed by atoms with van der Waals surface area (Å²) in [4.78, 5) is 39.3. The lowest BCUT2D eigenvalue weighted by atomic mass is 10.1. The van der Waals surface area contributed by atoms with Gasteiger partial charge >= 0.3 is 5.97 Å². The third-order valence-corrected chi connectivity index (χ3v) is 5.48. The van der Waals surface area contributed by atoms with Gasteiger partial charge in [0, 0.05) is 9.92 Å². The number of ether oxygens (including phenoxy) is 1. The highest BCUT2D eigenvalue weighted by Gasteiger charge is 2.32. The number of esters is 1. The van der Waals surface area contributed by atoms with E-state index >= 15 is 0 Å². The van der Waals surface area contributed by atoms with Gasteiger partial charge in [-0.3, -0.25) is 19.3 Å². The Kier molecular flexibility index (Phi) is 6.26. The molecule has 8 heteroatoms. The molecule has 0 bridgehead atoms. The first-order valence-electron chi connectivity index (χ1n) is 8.68. The number of rotatable bonds is 5. The summed E-state index contributed by atoms with van der Waals surface area (Å²) in [5.41, 5.74) is 1.14. The number of nitrogens with one attached hydrogen (secondary N) is 1. The number of thioether (sulfide) groups is 1. The molecule has 146 valence electrons. The van der Waals surface area contributed by atoms with E-state index in [4.69, 9.17) is 16.3 Å². The highest BCUT2D eigenvalue weighted by atomic mass is 35.5. The van der Waals surface area contributed by atoms with Gasteiger partial charge < -0.3 is 10.1 Å². The summed E-state index contributed by atoms with van der Waals surface area (Å²) in [6.45, 7) is 3.10. The lowest BCUT2D eigenvalue weighted by Gasteiger charge is -2.31. The summed E-state index contributed by atoms with van der Waals surface area (Å²) in [6, 6.07) is 14.1. The highest BCUT2D eigenvalue weighted by molar-refractivity contribution is 8.00. The van der Waals surface area contributed by atoms with Crippen LogP contribution < -0.4 is 10.2 Å². The molecule has 0 fully saturated rings. The van der Waals surface area contributed by atoms with Crippen molar-refractivity contribution in [2.75, 3.05) is 16.8 Å². The van der Waals surface area contributed by atoms with Crippen LogP contribution in [0.15, 0.2) is 53.4 Å². The average molecular weight is 419 g/mol. The Bertz CT molecular complexity index is 903. The largest absolute Gasteiger partial charge is 0.452 e. The molecule has 0 unspecified atom stereocenters. The predicted octanol–water partition coefficient (Wildman–Crippen LogP) is 3.74. The van der Waals surface area contributed by atoms with Gasteiger partial charge in [0.05, 0.1) is 11.4 Å². The molecule has 1 aliphatic rings. The van der Waals surface area contributed by atoms with Crippen LogP contribution in [0.1, 0.15) is 13.8 Å². The second kappa shape index (κ2) is 8.67. The zero-order chi connectivity index (χ0) is 20.3. The Hall–Kier alpha value is -2.51. The highest BCUT2D eigenvalue weighted by Crippen LogP contribution is 2.30. The minimum Gasteiger partial charge on any atom is -0.452 e. The molecular formula is C20H19ClN2O4S. The summed E-state index contributed by atoms with van der Waals surface area (Å²) in [5, 5.41) is 2.83. The van der Waals surface area contributed by atoms with Gasteiger partial charge in [0.2, 0.25) is 5.91 Å². The van der Waals surface area contributed by atoms with E-state index in [1.165, 1.54) is 23.6 Å². The number of para-hydroxylation sites is 2. The fraction of sp³-hybridized carbons (Fsp3) is 0.250. The number of hydrogen-bond donors (Lipinski definition) is 1. The van der Waals surface area contributed by atoms with Crippen molar-refractivity contribution < 1.29 is 19.1 Å². The Morgan fingerprint density at radius 3 is 2.54 bits per heavy atom. The second-order valence-electron chi connectivity index (χ2n) is 6.28. The average Bonchev–Trinajstić information content (AvgIpc) is 2.68. The third kappa shape index (κ3) is 4.66. The Morgan fingerprint density at radius 1 is 1.14 bits per heavy atom. The first-order chi connectivity index (χ1) is 13.3. The zero-order valence-corrected chi connectivity index (χ0v) is 16.9. The smallest absolute Gasteiger partial charge is 0.319 e. The molecule has 1 aliphatic heterocycles. The van der Waals surface area contributed by atoms with E-state index in [1.807, 2.05) is 12.1 Å². The number of nitrogens with zero attached hydrogens (tertiary/aromatic N) is 1. The van der Waals surface area contributed by atoms with Gasteiger partial charge in [-0.25, -0.2) is 0 Å². The molecule has 2 atom stereocenters. The Morgan fingerprint density at radius 2 is 1.82 bits per heavy atom. The lowest BCUT2D eigenvalue weighted by molar-refractivity contribution is -0.153. The number of halogens is 1. The van der Waals surface area contributed by atoms with Gasteiger partial charge in [-0.1, -0.05) is 23.7 Å². The summed E-state index contributed by atoms with van der Waals surface area (Å²) in [5.74, 6) is -1.24. The van der Waals surface area contributed by atoms with Crippen LogP contribution in [0, 0.1) is 0 Å². The number of hydrogen-bond acceptors (Lipinski definition) is 5. The van der Waals surface area contributed by atoms with Crippen LogP contribution in [0.3, 0.4) is 0 Å². The van der Waals surface area contributed by atoms with Gasteiger partial charge in [0.15, 0.2) is 6.10 Å². The van der Waals surface area contributed by atoms with Crippen LogP contribution in [0.5, 0.6) is 0 Å². The Labute approximate surface area is 172 Å². The van der Waals surface area contributed by atoms with Gasteiger partial charge in [-0.2, -0.15) is 0 Å². The molecule has 3 rings (SSSR count). The topological polar surface area (TPSA) is 75.7 Å². The quantitative estimate of drug-likeness (QED) is 0.591. The van der Waals surface area contributed by atoms with Gasteiger partial charge in [-0.15, -0.1) is 11.8 Å². The summed E-state index contributed by atoms with van der Waals surface area (Å²) in [7, 11) is 0. The van der Waals surface area contributed by atoms with Crippen LogP contribution >= 0.6 is 23.4 Å². The number of carbonyl (C=O) groups excluding carboxylic acids is 3. The second-order valence-corrected chi connectivity index (χ2v) is 8.13. The van der Waals surface area contributed by atoms with Crippen LogP contribution in [0.4, 0.5) is 11.4 Å². The van der Waals surface area contributed by atoms with Crippen molar-refractivity contribution in [2.24, 2.45) is 0 Å². The molecule has 6 nitrogen and oxygen atoms in total. The molecule has 0 saturated heterocycles. The summed E-state index contributed by atoms with van der Waals surface area (Å²) < 4.78 is 5.36. The van der Waals surface area contributed by atoms with Gasteiger partial charge in [-0.05, 0) is 50.2 Å². The zero-order valence-electron chi connectivity index (χ0n) is 15.3. The minimum atomic E-state index is -1.01. The molecule has 2 aromatic rings. The van der Waals surface area contributed by atoms with Crippen molar-refractivity contribution in [3.63, 3.8) is 0 Å². The molecule has 1 N–H and O–H groups in total. The van der Waals surface area contributed by atoms with E-state index < -0.39 is 23.2 Å². The molecule has 0 spiro atoms. The molecule has 2 aromatic carbocycles. The molecule has 0 aliphatic carbocycles. The summed E-state index contributed by atoms with van der Waals surface area (Å²) >= 11 is 7.18. The van der Waals surface area contributed by atoms with Crippen LogP contribution in [-0.2, 0) is 19.1 Å². The number of anilines is 2. The molecule has 2 amide bonds. The summed E-state index contributed by atoms with van der Waals surface area (Å²) in [6.07, 6.45) is -1.01. The number of fused-ring (bicyclic) bond motifs is 1. The van der Waals surface area contributed by atoms with Crippen molar-refractivity contribution in [1.29, 1.82) is 0 Å². The van der Waals surface area contributed by atoms with Crippen molar-refractivity contribution in [1.82, 2.24) is 0 Å². The molecule has 0 saturated carbocycles. The minimum absolute atomic E-state index is 0.118. The molecular weight excluding hydrogens is 400 g/mol. The number of carbonyl (C=O) groups is 3. The maximum atomic E-state index is 12.8. The lowest BCUT2D eigenvalue weighted by Crippen LogP contribution is -2.47. The SMILES string of the molecule is C[C@H](Sc1ccc(Cl)cc1)C(=O)O[C@H](C)C(=O)N1CC(=O)Nc2ccccc21. The first-order valence-corrected chi connectivity index (χ1v) is 9.94. The van der Waals surface area contributed by atoms with Gasteiger partial charge in [0.25, 0.3) is 5.91 Å². The van der Waals surface area contributed by atoms with E-state index in [9.17, 15) is 14.4 Å². The van der Waals surface area contributed by atoms with Crippen molar-refractivity contribution >= 4 is 52.5 Å². The maximum absolute atomic E-state index is 12.8. The predicted molar refractivity (Wildman–Crippen MR) is 110 cm³/mol. The van der Waals surface area contributed by atoms with Gasteiger partial charge in [0.1, 0.15) is 11.8 Å². The van der Waals surface area contributed by atoms with Crippen LogP contribution in [-0.4, -0.2) is 35.7 Å². The number of amides is 2. The fourth-order valence-corrected chi connectivity index (χ4v) is 3.71. The van der Waals surface area contributed by atoms with Crippen LogP contribution in [0.25, 0.3) is 0 Å². The van der Waals surface area contributed by atoms with Crippen molar-refractivity contribution in [2.45, 2.75) is 30.1 Å².